The van der Waals surface area contributed by atoms with Crippen LogP contribution in [0.4, 0.5) is 0 Å². The molecule has 0 N–H and O–H groups in total. The van der Waals surface area contributed by atoms with Crippen LogP contribution in [0.5, 0.6) is 0 Å². The Labute approximate surface area is 171 Å². The lowest BCUT2D eigenvalue weighted by Gasteiger charge is -2.56. The zero-order valence-corrected chi connectivity index (χ0v) is 17.6. The van der Waals surface area contributed by atoms with Gasteiger partial charge in [0.1, 0.15) is 5.60 Å². The van der Waals surface area contributed by atoms with Crippen molar-refractivity contribution in [2.75, 3.05) is 7.11 Å². The van der Waals surface area contributed by atoms with Crippen molar-refractivity contribution in [3.8, 4) is 0 Å². The average Bonchev–Trinajstić information content (AvgIpc) is 3.22. The molecule has 4 aliphatic carbocycles. The molecular formula is C24H30O5. The van der Waals surface area contributed by atoms with Crippen LogP contribution in [0.25, 0.3) is 0 Å². The van der Waals surface area contributed by atoms with Crippen LogP contribution < -0.4 is 0 Å². The van der Waals surface area contributed by atoms with E-state index in [0.717, 1.165) is 37.7 Å². The van der Waals surface area contributed by atoms with E-state index >= 15 is 0 Å². The maximum absolute atomic E-state index is 12.9. The first-order chi connectivity index (χ1) is 13.7. The lowest BCUT2D eigenvalue weighted by atomic mass is 9.48. The van der Waals surface area contributed by atoms with E-state index in [4.69, 9.17) is 9.47 Å². The van der Waals surface area contributed by atoms with Crippen LogP contribution in [0.2, 0.25) is 0 Å². The molecule has 2 saturated carbocycles. The first kappa shape index (κ1) is 19.1. The lowest BCUT2D eigenvalue weighted by Crippen LogP contribution is -2.53. The maximum Gasteiger partial charge on any atom is 0.309 e. The molecule has 1 saturated heterocycles. The van der Waals surface area contributed by atoms with E-state index < -0.39 is 5.60 Å². The van der Waals surface area contributed by atoms with Crippen molar-refractivity contribution in [1.29, 1.82) is 0 Å². The van der Waals surface area contributed by atoms with Gasteiger partial charge in [-0.2, -0.15) is 0 Å². The Balaban J connectivity index is 1.63. The third kappa shape index (κ3) is 2.36. The summed E-state index contributed by atoms with van der Waals surface area (Å²) in [6.45, 7) is 4.52. The quantitative estimate of drug-likeness (QED) is 0.495. The third-order valence-electron chi connectivity index (χ3n) is 9.23. The van der Waals surface area contributed by atoms with Crippen molar-refractivity contribution in [2.24, 2.45) is 28.6 Å². The molecule has 5 unspecified atom stereocenters. The molecular weight excluding hydrogens is 368 g/mol. The third-order valence-corrected chi connectivity index (χ3v) is 9.23. The van der Waals surface area contributed by atoms with Crippen molar-refractivity contribution in [1.82, 2.24) is 0 Å². The van der Waals surface area contributed by atoms with Gasteiger partial charge in [0.25, 0.3) is 0 Å². The van der Waals surface area contributed by atoms with Gasteiger partial charge >= 0.3 is 11.9 Å². The van der Waals surface area contributed by atoms with Crippen LogP contribution in [-0.4, -0.2) is 30.4 Å². The van der Waals surface area contributed by atoms with Crippen LogP contribution in [0.15, 0.2) is 23.3 Å². The highest BCUT2D eigenvalue weighted by Crippen LogP contribution is 2.69. The number of fused-ring (bicyclic) bond motifs is 6. The second-order valence-electron chi connectivity index (χ2n) is 10.2. The first-order valence-electron chi connectivity index (χ1n) is 11.0. The molecule has 3 fully saturated rings. The molecule has 29 heavy (non-hydrogen) atoms. The van der Waals surface area contributed by atoms with Crippen LogP contribution in [0.1, 0.15) is 65.2 Å². The summed E-state index contributed by atoms with van der Waals surface area (Å²) in [4.78, 5) is 37.1. The Hall–Kier alpha value is -1.91. The number of rotatable bonds is 1. The van der Waals surface area contributed by atoms with Crippen LogP contribution in [-0.2, 0) is 23.9 Å². The number of esters is 2. The Kier molecular flexibility index (Phi) is 3.98. The van der Waals surface area contributed by atoms with Gasteiger partial charge in [0.05, 0.1) is 13.0 Å². The first-order valence-corrected chi connectivity index (χ1v) is 11.0. The van der Waals surface area contributed by atoms with E-state index in [2.05, 4.69) is 19.9 Å². The number of methoxy groups -OCH3 is 1. The lowest BCUT2D eigenvalue weighted by molar-refractivity contribution is -0.163. The van der Waals surface area contributed by atoms with Crippen molar-refractivity contribution in [3.63, 3.8) is 0 Å². The van der Waals surface area contributed by atoms with Gasteiger partial charge in [0.15, 0.2) is 5.78 Å². The van der Waals surface area contributed by atoms with E-state index in [1.165, 1.54) is 12.7 Å². The van der Waals surface area contributed by atoms with Gasteiger partial charge < -0.3 is 9.47 Å². The number of ether oxygens (including phenoxy) is 2. The van der Waals surface area contributed by atoms with Gasteiger partial charge in [0, 0.05) is 23.7 Å². The zero-order chi connectivity index (χ0) is 20.6. The fourth-order valence-electron chi connectivity index (χ4n) is 7.53. The largest absolute Gasteiger partial charge is 0.469 e. The van der Waals surface area contributed by atoms with Gasteiger partial charge in [-0.1, -0.05) is 31.1 Å². The highest BCUT2D eigenvalue weighted by Gasteiger charge is 2.67. The number of hydrogen-bond donors (Lipinski definition) is 0. The molecule has 6 atom stereocenters. The summed E-state index contributed by atoms with van der Waals surface area (Å²) in [5.74, 6) is 0.00356. The molecule has 0 amide bonds. The molecule has 5 nitrogen and oxygen atoms in total. The van der Waals surface area contributed by atoms with Gasteiger partial charge in [-0.15, -0.1) is 0 Å². The monoisotopic (exact) mass is 398 g/mol. The van der Waals surface area contributed by atoms with Crippen molar-refractivity contribution in [2.45, 2.75) is 70.8 Å². The highest BCUT2D eigenvalue weighted by atomic mass is 16.6. The summed E-state index contributed by atoms with van der Waals surface area (Å²) in [6, 6.07) is 0. The summed E-state index contributed by atoms with van der Waals surface area (Å²) in [5.41, 5.74) is 1.72. The minimum Gasteiger partial charge on any atom is -0.469 e. The number of carbonyl (C=O) groups is 3. The van der Waals surface area contributed by atoms with Crippen LogP contribution in [0.3, 0.4) is 0 Å². The Morgan fingerprint density at radius 1 is 1.17 bits per heavy atom. The molecule has 1 heterocycles. The topological polar surface area (TPSA) is 69.7 Å². The minimum absolute atomic E-state index is 0.0854. The predicted octanol–water partition coefficient (Wildman–Crippen LogP) is 3.91. The number of carbonyl (C=O) groups excluding carboxylic acids is 3. The van der Waals surface area contributed by atoms with Crippen molar-refractivity contribution < 1.29 is 23.9 Å². The molecule has 0 bridgehead atoms. The Morgan fingerprint density at radius 3 is 2.66 bits per heavy atom. The predicted molar refractivity (Wildman–Crippen MR) is 106 cm³/mol. The molecule has 0 aromatic carbocycles. The maximum atomic E-state index is 12.9. The summed E-state index contributed by atoms with van der Waals surface area (Å²) in [6.07, 6.45) is 10.1. The van der Waals surface area contributed by atoms with Gasteiger partial charge in [-0.25, -0.2) is 0 Å². The molecule has 5 heteroatoms. The molecule has 0 aromatic rings. The Morgan fingerprint density at radius 2 is 1.97 bits per heavy atom. The van der Waals surface area contributed by atoms with Gasteiger partial charge in [0.2, 0.25) is 0 Å². The minimum atomic E-state index is -0.392. The van der Waals surface area contributed by atoms with Crippen molar-refractivity contribution >= 4 is 17.7 Å². The Bertz CT molecular complexity index is 868. The average molecular weight is 398 g/mol. The van der Waals surface area contributed by atoms with Crippen LogP contribution in [0, 0.1) is 28.6 Å². The molecule has 5 rings (SSSR count). The molecule has 5 aliphatic rings. The fraction of sp³-hybridized carbons (Fsp3) is 0.708. The zero-order valence-electron chi connectivity index (χ0n) is 17.6. The van der Waals surface area contributed by atoms with Crippen molar-refractivity contribution in [3.05, 3.63) is 23.3 Å². The molecule has 0 aromatic heterocycles. The number of allylic oxidation sites excluding steroid dienone is 4. The normalized spacial score (nSPS) is 45.7. The van der Waals surface area contributed by atoms with E-state index in [1.807, 2.05) is 0 Å². The summed E-state index contributed by atoms with van der Waals surface area (Å²) in [5, 5.41) is 0. The second kappa shape index (κ2) is 6.05. The van der Waals surface area contributed by atoms with Crippen LogP contribution >= 0.6 is 0 Å². The smallest absolute Gasteiger partial charge is 0.309 e. The fourth-order valence-corrected chi connectivity index (χ4v) is 7.53. The second-order valence-corrected chi connectivity index (χ2v) is 10.2. The van der Waals surface area contributed by atoms with E-state index in [1.54, 1.807) is 6.08 Å². The summed E-state index contributed by atoms with van der Waals surface area (Å²) in [7, 11) is 1.46. The van der Waals surface area contributed by atoms with E-state index in [-0.39, 0.29) is 46.3 Å². The molecule has 156 valence electrons. The standard InChI is InChI=1S/C24H30O5/c1-22-8-4-15(25)12-14(22)13-16(21(27)28-3)20-17(22)5-9-23(2)18(20)6-10-24(23)11-7-19(26)29-24/h5,12,16,18,20H,4,6-11,13H2,1-3H3/t16-,18?,20?,22?,23?,24?/m1/s1. The molecule has 1 aliphatic heterocycles. The van der Waals surface area contributed by atoms with Gasteiger partial charge in [-0.05, 0) is 56.4 Å². The number of ketones is 1. The molecule has 1 spiro atoms. The SMILES string of the molecule is COC(=O)[C@@H]1CC2=CC(=O)CCC2(C)C2=CCC3(C)C(CCC34CCC(=O)O4)C21. The molecule has 0 radical (unpaired) electrons. The van der Waals surface area contributed by atoms with E-state index in [9.17, 15) is 14.4 Å². The van der Waals surface area contributed by atoms with Gasteiger partial charge in [-0.3, -0.25) is 14.4 Å². The number of hydrogen-bond acceptors (Lipinski definition) is 5. The van der Waals surface area contributed by atoms with E-state index in [0.29, 0.717) is 19.3 Å². The summed E-state index contributed by atoms with van der Waals surface area (Å²) < 4.78 is 11.2. The summed E-state index contributed by atoms with van der Waals surface area (Å²) >= 11 is 0. The highest BCUT2D eigenvalue weighted by molar-refractivity contribution is 5.92.